The van der Waals surface area contributed by atoms with E-state index in [1.807, 2.05) is 12.1 Å². The lowest BCUT2D eigenvalue weighted by Gasteiger charge is -2.26. The number of nitrogens with one attached hydrogen (secondary N) is 1. The second-order valence-electron chi connectivity index (χ2n) is 6.38. The van der Waals surface area contributed by atoms with Gasteiger partial charge < -0.3 is 14.8 Å². The highest BCUT2D eigenvalue weighted by atomic mass is 16.5. The average molecular weight is 279 g/mol. The van der Waals surface area contributed by atoms with Crippen LogP contribution in [0.15, 0.2) is 18.2 Å². The fourth-order valence-electron chi connectivity index (χ4n) is 2.10. The normalized spacial score (nSPS) is 11.8. The maximum absolute atomic E-state index is 5.46. The topological polar surface area (TPSA) is 30.5 Å². The first kappa shape index (κ1) is 16.8. The summed E-state index contributed by atoms with van der Waals surface area (Å²) in [6.45, 7) is 10.0. The maximum atomic E-state index is 5.46. The largest absolute Gasteiger partial charge is 0.497 e. The summed E-state index contributed by atoms with van der Waals surface area (Å²) in [6.07, 6.45) is 2.13. The van der Waals surface area contributed by atoms with Crippen LogP contribution in [0, 0.1) is 5.41 Å². The van der Waals surface area contributed by atoms with Gasteiger partial charge in [0.05, 0.1) is 14.2 Å². The minimum absolute atomic E-state index is 0.273. The van der Waals surface area contributed by atoms with E-state index in [0.29, 0.717) is 6.04 Å². The molecule has 3 heteroatoms. The molecule has 0 amide bonds. The molecule has 1 rings (SSSR count). The van der Waals surface area contributed by atoms with Gasteiger partial charge in [-0.25, -0.2) is 0 Å². The Morgan fingerprint density at radius 3 is 2.40 bits per heavy atom. The molecule has 0 saturated carbocycles. The van der Waals surface area contributed by atoms with Gasteiger partial charge in [0.2, 0.25) is 0 Å². The predicted octanol–water partition coefficient (Wildman–Crippen LogP) is 3.66. The lowest BCUT2D eigenvalue weighted by molar-refractivity contribution is 0.302. The van der Waals surface area contributed by atoms with Gasteiger partial charge in [-0.05, 0) is 29.9 Å². The van der Waals surface area contributed by atoms with Crippen LogP contribution in [0.1, 0.15) is 39.7 Å². The van der Waals surface area contributed by atoms with Crippen LogP contribution in [0.5, 0.6) is 11.5 Å². The summed E-state index contributed by atoms with van der Waals surface area (Å²) in [7, 11) is 3.39. The van der Waals surface area contributed by atoms with Crippen molar-refractivity contribution in [2.24, 2.45) is 5.41 Å². The molecular formula is C17H29NO2. The van der Waals surface area contributed by atoms with Crippen LogP contribution in [0.3, 0.4) is 0 Å². The van der Waals surface area contributed by atoms with Crippen molar-refractivity contribution in [3.8, 4) is 11.5 Å². The molecule has 0 radical (unpaired) electrons. The van der Waals surface area contributed by atoms with Gasteiger partial charge in [-0.1, -0.05) is 33.8 Å². The van der Waals surface area contributed by atoms with Crippen LogP contribution in [-0.2, 0) is 6.42 Å². The summed E-state index contributed by atoms with van der Waals surface area (Å²) in [6, 6.07) is 6.58. The highest BCUT2D eigenvalue weighted by molar-refractivity contribution is 5.40. The first-order valence-corrected chi connectivity index (χ1v) is 7.32. The van der Waals surface area contributed by atoms with E-state index < -0.39 is 0 Å². The van der Waals surface area contributed by atoms with Gasteiger partial charge in [0.15, 0.2) is 0 Å². The van der Waals surface area contributed by atoms with E-state index in [1.165, 1.54) is 5.56 Å². The fourth-order valence-corrected chi connectivity index (χ4v) is 2.10. The molecular weight excluding hydrogens is 250 g/mol. The van der Waals surface area contributed by atoms with E-state index >= 15 is 0 Å². The monoisotopic (exact) mass is 279 g/mol. The zero-order valence-electron chi connectivity index (χ0n) is 13.7. The molecule has 0 atom stereocenters. The molecule has 1 N–H and O–H groups in total. The standard InChI is InChI=1S/C17H29NO2/c1-13(2)18-12-17(3,4)10-9-14-7-8-15(19-5)11-16(14)20-6/h7-8,11,13,18H,9-10,12H2,1-6H3. The van der Waals surface area contributed by atoms with E-state index in [0.717, 1.165) is 30.9 Å². The first-order valence-electron chi connectivity index (χ1n) is 7.32. The van der Waals surface area contributed by atoms with Crippen molar-refractivity contribution >= 4 is 0 Å². The van der Waals surface area contributed by atoms with E-state index in [2.05, 4.69) is 39.1 Å². The van der Waals surface area contributed by atoms with Crippen LogP contribution in [0.2, 0.25) is 0 Å². The van der Waals surface area contributed by atoms with Crippen LogP contribution in [0.4, 0.5) is 0 Å². The molecule has 1 aromatic rings. The molecule has 0 saturated heterocycles. The number of hydrogen-bond donors (Lipinski definition) is 1. The Hall–Kier alpha value is -1.22. The molecule has 0 aliphatic heterocycles. The Bertz CT molecular complexity index is 413. The van der Waals surface area contributed by atoms with Crippen molar-refractivity contribution < 1.29 is 9.47 Å². The minimum Gasteiger partial charge on any atom is -0.497 e. The minimum atomic E-state index is 0.273. The third-order valence-electron chi connectivity index (χ3n) is 3.55. The predicted molar refractivity (Wildman–Crippen MR) is 84.8 cm³/mol. The number of hydrogen-bond acceptors (Lipinski definition) is 3. The average Bonchev–Trinajstić information content (AvgIpc) is 2.43. The highest BCUT2D eigenvalue weighted by Crippen LogP contribution is 2.29. The molecule has 114 valence electrons. The second kappa shape index (κ2) is 7.53. The van der Waals surface area contributed by atoms with Gasteiger partial charge in [-0.3, -0.25) is 0 Å². The van der Waals surface area contributed by atoms with E-state index in [1.54, 1.807) is 14.2 Å². The molecule has 0 aliphatic rings. The van der Waals surface area contributed by atoms with Crippen molar-refractivity contribution in [1.29, 1.82) is 0 Å². The molecule has 0 unspecified atom stereocenters. The van der Waals surface area contributed by atoms with Crippen LogP contribution >= 0.6 is 0 Å². The molecule has 0 aromatic heterocycles. The number of methoxy groups -OCH3 is 2. The Kier molecular flexibility index (Phi) is 6.34. The number of rotatable bonds is 8. The van der Waals surface area contributed by atoms with Crippen molar-refractivity contribution in [1.82, 2.24) is 5.32 Å². The first-order chi connectivity index (χ1) is 9.38. The molecule has 0 fully saturated rings. The van der Waals surface area contributed by atoms with Gasteiger partial charge in [0, 0.05) is 18.7 Å². The number of ether oxygens (including phenoxy) is 2. The number of aryl methyl sites for hydroxylation is 1. The third-order valence-corrected chi connectivity index (χ3v) is 3.55. The van der Waals surface area contributed by atoms with Crippen LogP contribution < -0.4 is 14.8 Å². The Morgan fingerprint density at radius 2 is 1.85 bits per heavy atom. The summed E-state index contributed by atoms with van der Waals surface area (Å²) >= 11 is 0. The summed E-state index contributed by atoms with van der Waals surface area (Å²) in [4.78, 5) is 0. The molecule has 3 nitrogen and oxygen atoms in total. The van der Waals surface area contributed by atoms with E-state index in [-0.39, 0.29) is 5.41 Å². The molecule has 0 bridgehead atoms. The van der Waals surface area contributed by atoms with Gasteiger partial charge in [-0.2, -0.15) is 0 Å². The van der Waals surface area contributed by atoms with Crippen molar-refractivity contribution in [2.45, 2.75) is 46.6 Å². The summed E-state index contributed by atoms with van der Waals surface area (Å²) in [5, 5.41) is 3.52. The zero-order chi connectivity index (χ0) is 15.2. The SMILES string of the molecule is COc1ccc(CCC(C)(C)CNC(C)C)c(OC)c1. The Labute approximate surface area is 123 Å². The third kappa shape index (κ3) is 5.41. The van der Waals surface area contributed by atoms with Crippen molar-refractivity contribution in [3.63, 3.8) is 0 Å². The highest BCUT2D eigenvalue weighted by Gasteiger charge is 2.19. The van der Waals surface area contributed by atoms with E-state index in [9.17, 15) is 0 Å². The maximum Gasteiger partial charge on any atom is 0.125 e. The molecule has 1 aromatic carbocycles. The van der Waals surface area contributed by atoms with Crippen molar-refractivity contribution in [2.75, 3.05) is 20.8 Å². The summed E-state index contributed by atoms with van der Waals surface area (Å²) in [5.41, 5.74) is 1.51. The molecule has 0 heterocycles. The Morgan fingerprint density at radius 1 is 1.15 bits per heavy atom. The number of benzene rings is 1. The zero-order valence-corrected chi connectivity index (χ0v) is 13.7. The van der Waals surface area contributed by atoms with Crippen LogP contribution in [0.25, 0.3) is 0 Å². The van der Waals surface area contributed by atoms with Crippen LogP contribution in [-0.4, -0.2) is 26.8 Å². The van der Waals surface area contributed by atoms with Gasteiger partial charge in [0.25, 0.3) is 0 Å². The summed E-state index contributed by atoms with van der Waals surface area (Å²) < 4.78 is 10.7. The second-order valence-corrected chi connectivity index (χ2v) is 6.38. The lowest BCUT2D eigenvalue weighted by atomic mass is 9.86. The fraction of sp³-hybridized carbons (Fsp3) is 0.647. The molecule has 0 aliphatic carbocycles. The smallest absolute Gasteiger partial charge is 0.125 e. The summed E-state index contributed by atoms with van der Waals surface area (Å²) in [5.74, 6) is 1.75. The van der Waals surface area contributed by atoms with Gasteiger partial charge in [-0.15, -0.1) is 0 Å². The van der Waals surface area contributed by atoms with Crippen molar-refractivity contribution in [3.05, 3.63) is 23.8 Å². The van der Waals surface area contributed by atoms with Gasteiger partial charge >= 0.3 is 0 Å². The lowest BCUT2D eigenvalue weighted by Crippen LogP contribution is -2.34. The van der Waals surface area contributed by atoms with E-state index in [4.69, 9.17) is 9.47 Å². The Balaban J connectivity index is 2.64. The van der Waals surface area contributed by atoms with Gasteiger partial charge in [0.1, 0.15) is 11.5 Å². The molecule has 0 spiro atoms. The quantitative estimate of drug-likeness (QED) is 0.787. The molecule has 20 heavy (non-hydrogen) atoms.